The lowest BCUT2D eigenvalue weighted by Gasteiger charge is -2.22. The van der Waals surface area contributed by atoms with Crippen LogP contribution in [0.5, 0.6) is 0 Å². The number of carbonyl (C=O) groups is 1. The van der Waals surface area contributed by atoms with Crippen LogP contribution >= 0.6 is 0 Å². The third-order valence-corrected chi connectivity index (χ3v) is 3.15. The highest BCUT2D eigenvalue weighted by atomic mass is 16.2. The molecule has 19 heavy (non-hydrogen) atoms. The zero-order chi connectivity index (χ0) is 14.6. The number of benzene rings is 1. The molecule has 0 spiro atoms. The molecule has 1 atom stereocenters. The summed E-state index contributed by atoms with van der Waals surface area (Å²) in [6.45, 7) is 2.87. The van der Waals surface area contributed by atoms with E-state index in [9.17, 15) is 4.79 Å². The van der Waals surface area contributed by atoms with E-state index in [1.54, 1.807) is 37.2 Å². The van der Waals surface area contributed by atoms with E-state index in [-0.39, 0.29) is 5.91 Å². The Morgan fingerprint density at radius 1 is 1.32 bits per heavy atom. The summed E-state index contributed by atoms with van der Waals surface area (Å²) < 4.78 is 0. The highest BCUT2D eigenvalue weighted by Gasteiger charge is 2.14. The minimum absolute atomic E-state index is 0.0278. The van der Waals surface area contributed by atoms with Crippen molar-refractivity contribution >= 4 is 17.3 Å². The van der Waals surface area contributed by atoms with Crippen LogP contribution in [0.1, 0.15) is 17.3 Å². The second-order valence-corrected chi connectivity index (χ2v) is 5.20. The number of carbonyl (C=O) groups excluding carboxylic acids is 1. The van der Waals surface area contributed by atoms with Crippen LogP contribution in [-0.4, -0.2) is 56.5 Å². The van der Waals surface area contributed by atoms with Crippen molar-refractivity contribution < 1.29 is 4.79 Å². The van der Waals surface area contributed by atoms with Crippen LogP contribution < -0.4 is 11.1 Å². The van der Waals surface area contributed by atoms with Gasteiger partial charge in [-0.1, -0.05) is 0 Å². The minimum atomic E-state index is -0.0278. The fraction of sp³-hybridized carbons (Fsp3) is 0.500. The Bertz CT molecular complexity index is 443. The number of amides is 1. The number of nitrogens with zero attached hydrogens (tertiary/aromatic N) is 2. The Morgan fingerprint density at radius 3 is 2.47 bits per heavy atom. The molecule has 106 valence electrons. The summed E-state index contributed by atoms with van der Waals surface area (Å²) in [5.41, 5.74) is 7.87. The van der Waals surface area contributed by atoms with Crippen molar-refractivity contribution in [2.24, 2.45) is 0 Å². The quantitative estimate of drug-likeness (QED) is 0.788. The third-order valence-electron chi connectivity index (χ3n) is 3.15. The van der Waals surface area contributed by atoms with Crippen LogP contribution in [0.2, 0.25) is 0 Å². The molecule has 1 rings (SSSR count). The van der Waals surface area contributed by atoms with Gasteiger partial charge in [-0.2, -0.15) is 0 Å². The zero-order valence-electron chi connectivity index (χ0n) is 12.4. The maximum Gasteiger partial charge on any atom is 0.255 e. The molecule has 1 amide bonds. The van der Waals surface area contributed by atoms with Crippen molar-refractivity contribution in [3.05, 3.63) is 23.8 Å². The molecule has 1 aromatic rings. The van der Waals surface area contributed by atoms with Crippen molar-refractivity contribution in [2.75, 3.05) is 45.8 Å². The number of likely N-dealkylation sites (N-methyl/N-ethyl adjacent to an activating group) is 1. The molecule has 0 aliphatic rings. The van der Waals surface area contributed by atoms with Crippen LogP contribution in [0.3, 0.4) is 0 Å². The number of nitrogens with two attached hydrogens (primary N) is 1. The SMILES string of the molecule is CC(CNc1cc(N)ccc1C(=O)N(C)C)N(C)C. The van der Waals surface area contributed by atoms with E-state index in [2.05, 4.69) is 17.1 Å². The van der Waals surface area contributed by atoms with Crippen molar-refractivity contribution in [1.29, 1.82) is 0 Å². The van der Waals surface area contributed by atoms with Gasteiger partial charge in [-0.25, -0.2) is 0 Å². The third kappa shape index (κ3) is 4.13. The Hall–Kier alpha value is -1.75. The Morgan fingerprint density at radius 2 is 1.95 bits per heavy atom. The number of hydrogen-bond donors (Lipinski definition) is 2. The van der Waals surface area contributed by atoms with E-state index in [0.717, 1.165) is 12.2 Å². The van der Waals surface area contributed by atoms with Crippen molar-refractivity contribution in [2.45, 2.75) is 13.0 Å². The van der Waals surface area contributed by atoms with Gasteiger partial charge in [-0.05, 0) is 39.2 Å². The largest absolute Gasteiger partial charge is 0.399 e. The van der Waals surface area contributed by atoms with Gasteiger partial charge in [-0.3, -0.25) is 4.79 Å². The first-order valence-corrected chi connectivity index (χ1v) is 6.34. The topological polar surface area (TPSA) is 61.6 Å². The molecule has 3 N–H and O–H groups in total. The molecule has 0 radical (unpaired) electrons. The number of nitrogens with one attached hydrogen (secondary N) is 1. The highest BCUT2D eigenvalue weighted by Crippen LogP contribution is 2.20. The van der Waals surface area contributed by atoms with Crippen LogP contribution in [0.25, 0.3) is 0 Å². The van der Waals surface area contributed by atoms with Crippen LogP contribution in [-0.2, 0) is 0 Å². The van der Waals surface area contributed by atoms with E-state index in [4.69, 9.17) is 5.73 Å². The molecule has 1 aromatic carbocycles. The van der Waals surface area contributed by atoms with Crippen LogP contribution in [0.15, 0.2) is 18.2 Å². The molecule has 0 saturated heterocycles. The molecular weight excluding hydrogens is 240 g/mol. The number of hydrogen-bond acceptors (Lipinski definition) is 4. The molecule has 0 fully saturated rings. The summed E-state index contributed by atoms with van der Waals surface area (Å²) in [5.74, 6) is -0.0278. The Balaban J connectivity index is 2.92. The van der Waals surface area contributed by atoms with E-state index in [1.807, 2.05) is 14.1 Å². The molecule has 0 heterocycles. The van der Waals surface area contributed by atoms with Gasteiger partial charge in [0.2, 0.25) is 0 Å². The van der Waals surface area contributed by atoms with Crippen molar-refractivity contribution in [3.8, 4) is 0 Å². The Labute approximate surface area is 115 Å². The number of anilines is 2. The van der Waals surface area contributed by atoms with Crippen LogP contribution in [0, 0.1) is 0 Å². The summed E-state index contributed by atoms with van der Waals surface area (Å²) in [4.78, 5) is 15.8. The lowest BCUT2D eigenvalue weighted by atomic mass is 10.1. The standard InChI is InChI=1S/C14H24N4O/c1-10(17(2)3)9-16-13-8-11(15)6-7-12(13)14(19)18(4)5/h6-8,10,16H,9,15H2,1-5H3. The predicted octanol–water partition coefficient (Wildman–Crippen LogP) is 1.33. The molecule has 1 unspecified atom stereocenters. The van der Waals surface area contributed by atoms with Gasteiger partial charge >= 0.3 is 0 Å². The first-order valence-electron chi connectivity index (χ1n) is 6.34. The monoisotopic (exact) mass is 264 g/mol. The second-order valence-electron chi connectivity index (χ2n) is 5.20. The lowest BCUT2D eigenvalue weighted by Crippen LogP contribution is -2.32. The average molecular weight is 264 g/mol. The fourth-order valence-electron chi connectivity index (χ4n) is 1.58. The van der Waals surface area contributed by atoms with E-state index < -0.39 is 0 Å². The van der Waals surface area contributed by atoms with Gasteiger partial charge < -0.3 is 20.9 Å². The van der Waals surface area contributed by atoms with E-state index in [0.29, 0.717) is 17.3 Å². The number of nitrogen functional groups attached to an aromatic ring is 1. The highest BCUT2D eigenvalue weighted by molar-refractivity contribution is 6.00. The molecule has 0 saturated carbocycles. The smallest absolute Gasteiger partial charge is 0.255 e. The Kier molecular flexibility index (Phi) is 5.18. The van der Waals surface area contributed by atoms with Crippen LogP contribution in [0.4, 0.5) is 11.4 Å². The molecule has 5 heteroatoms. The first kappa shape index (κ1) is 15.3. The van der Waals surface area contributed by atoms with Gasteiger partial charge in [0.25, 0.3) is 5.91 Å². The summed E-state index contributed by atoms with van der Waals surface area (Å²) in [6, 6.07) is 5.68. The fourth-order valence-corrected chi connectivity index (χ4v) is 1.58. The molecular formula is C14H24N4O. The molecule has 0 bridgehead atoms. The first-order chi connectivity index (χ1) is 8.82. The maximum absolute atomic E-state index is 12.1. The van der Waals surface area contributed by atoms with Crippen molar-refractivity contribution in [1.82, 2.24) is 9.80 Å². The average Bonchev–Trinajstić information content (AvgIpc) is 2.34. The van der Waals surface area contributed by atoms with Gasteiger partial charge in [0.05, 0.1) is 5.56 Å². The number of rotatable bonds is 5. The van der Waals surface area contributed by atoms with E-state index in [1.165, 1.54) is 0 Å². The van der Waals surface area contributed by atoms with Gasteiger partial charge in [-0.15, -0.1) is 0 Å². The molecule has 0 aliphatic carbocycles. The maximum atomic E-state index is 12.1. The minimum Gasteiger partial charge on any atom is -0.399 e. The van der Waals surface area contributed by atoms with Gasteiger partial charge in [0.15, 0.2) is 0 Å². The molecule has 0 aromatic heterocycles. The lowest BCUT2D eigenvalue weighted by molar-refractivity contribution is 0.0828. The predicted molar refractivity (Wildman–Crippen MR) is 80.5 cm³/mol. The summed E-state index contributed by atoms with van der Waals surface area (Å²) in [7, 11) is 7.53. The molecule has 0 aliphatic heterocycles. The van der Waals surface area contributed by atoms with Gasteiger partial charge in [0.1, 0.15) is 0 Å². The van der Waals surface area contributed by atoms with Crippen molar-refractivity contribution in [3.63, 3.8) is 0 Å². The summed E-state index contributed by atoms with van der Waals surface area (Å²) in [5, 5.41) is 3.30. The zero-order valence-corrected chi connectivity index (χ0v) is 12.4. The summed E-state index contributed by atoms with van der Waals surface area (Å²) >= 11 is 0. The molecule has 5 nitrogen and oxygen atoms in total. The van der Waals surface area contributed by atoms with Gasteiger partial charge in [0, 0.05) is 38.1 Å². The second kappa shape index (κ2) is 6.43. The normalized spacial score (nSPS) is 12.3. The summed E-state index contributed by atoms with van der Waals surface area (Å²) in [6.07, 6.45) is 0. The van der Waals surface area contributed by atoms with E-state index >= 15 is 0 Å².